The average Bonchev–Trinajstić information content (AvgIpc) is 2.75. The topological polar surface area (TPSA) is 56.1 Å². The first-order chi connectivity index (χ1) is 12.1. The Bertz CT molecular complexity index is 808. The highest BCUT2D eigenvalue weighted by molar-refractivity contribution is 14.1. The van der Waals surface area contributed by atoms with E-state index in [9.17, 15) is 10.1 Å². The zero-order chi connectivity index (χ0) is 19.1. The predicted molar refractivity (Wildman–Crippen MR) is 112 cm³/mol. The van der Waals surface area contributed by atoms with E-state index >= 15 is 0 Å². The molecule has 1 heterocycles. The molecule has 2 unspecified atom stereocenters. The summed E-state index contributed by atoms with van der Waals surface area (Å²) in [7, 11) is 0. The van der Waals surface area contributed by atoms with Crippen molar-refractivity contribution < 1.29 is 4.79 Å². The third-order valence-electron chi connectivity index (χ3n) is 5.55. The van der Waals surface area contributed by atoms with Gasteiger partial charge in [0.05, 0.1) is 0 Å². The molecule has 5 heteroatoms. The van der Waals surface area contributed by atoms with E-state index in [1.165, 1.54) is 6.42 Å². The van der Waals surface area contributed by atoms with Gasteiger partial charge in [0.1, 0.15) is 11.6 Å². The minimum Gasteiger partial charge on any atom is -0.373 e. The summed E-state index contributed by atoms with van der Waals surface area (Å²) in [6.07, 6.45) is 5.23. The molecule has 1 N–H and O–H groups in total. The van der Waals surface area contributed by atoms with Crippen LogP contribution in [0, 0.1) is 32.7 Å². The Balaban J connectivity index is 1.78. The number of benzene rings is 1. The molecule has 1 aliphatic heterocycles. The average molecular weight is 463 g/mol. The summed E-state index contributed by atoms with van der Waals surface area (Å²) in [5.41, 5.74) is 2.51. The number of rotatable bonds is 3. The predicted octanol–water partition coefficient (Wildman–Crippen LogP) is 4.85. The quantitative estimate of drug-likeness (QED) is 0.396. The van der Waals surface area contributed by atoms with Crippen LogP contribution in [0.4, 0.5) is 5.69 Å². The highest BCUT2D eigenvalue weighted by Crippen LogP contribution is 2.52. The SMILES string of the molecule is Cc1cc(I)ccc1NC(=O)/C(C#N)=C\N1CC2(C)CC1CC(C)(C)C2. The molecule has 2 bridgehead atoms. The molecule has 1 saturated heterocycles. The number of hydrogen-bond acceptors (Lipinski definition) is 3. The van der Waals surface area contributed by atoms with Crippen molar-refractivity contribution in [2.45, 2.75) is 53.0 Å². The maximum Gasteiger partial charge on any atom is 0.267 e. The summed E-state index contributed by atoms with van der Waals surface area (Å²) >= 11 is 2.24. The second kappa shape index (κ2) is 6.88. The van der Waals surface area contributed by atoms with Crippen LogP contribution in [0.3, 0.4) is 0 Å². The number of hydrogen-bond donors (Lipinski definition) is 1. The van der Waals surface area contributed by atoms with Gasteiger partial charge in [0.25, 0.3) is 5.91 Å². The number of halogens is 1. The summed E-state index contributed by atoms with van der Waals surface area (Å²) in [5, 5.41) is 12.4. The molecule has 0 aromatic heterocycles. The molecule has 1 aromatic carbocycles. The summed E-state index contributed by atoms with van der Waals surface area (Å²) in [6, 6.07) is 8.36. The Hall–Kier alpha value is -1.55. The summed E-state index contributed by atoms with van der Waals surface area (Å²) in [6.45, 7) is 9.85. The third-order valence-corrected chi connectivity index (χ3v) is 6.22. The van der Waals surface area contributed by atoms with E-state index in [1.807, 2.05) is 25.1 Å². The largest absolute Gasteiger partial charge is 0.373 e. The summed E-state index contributed by atoms with van der Waals surface area (Å²) < 4.78 is 1.12. The number of carbonyl (C=O) groups excluding carboxylic acids is 1. The van der Waals surface area contributed by atoms with Crippen LogP contribution in [-0.2, 0) is 4.79 Å². The lowest BCUT2D eigenvalue weighted by molar-refractivity contribution is -0.112. The van der Waals surface area contributed by atoms with Gasteiger partial charge in [0.2, 0.25) is 0 Å². The van der Waals surface area contributed by atoms with Crippen LogP contribution in [0.1, 0.15) is 45.6 Å². The minimum absolute atomic E-state index is 0.178. The number of nitrogens with one attached hydrogen (secondary N) is 1. The molecule has 1 saturated carbocycles. The molecule has 26 heavy (non-hydrogen) atoms. The van der Waals surface area contributed by atoms with Crippen molar-refractivity contribution in [1.82, 2.24) is 4.90 Å². The van der Waals surface area contributed by atoms with E-state index in [-0.39, 0.29) is 16.9 Å². The number of carbonyl (C=O) groups is 1. The summed E-state index contributed by atoms with van der Waals surface area (Å²) in [4.78, 5) is 14.9. The van der Waals surface area contributed by atoms with Crippen LogP contribution in [0.15, 0.2) is 30.0 Å². The van der Waals surface area contributed by atoms with Gasteiger partial charge in [0.15, 0.2) is 0 Å². The number of likely N-dealkylation sites (tertiary alicyclic amines) is 1. The standard InChI is InChI=1S/C21H26IN3O/c1-14-7-16(22)5-6-18(14)24-19(26)15(10-23)11-25-13-21(4)9-17(25)8-20(2,3)12-21/h5-7,11,17H,8-9,12-13H2,1-4H3,(H,24,26)/b15-11-. The van der Waals surface area contributed by atoms with Crippen LogP contribution in [0.25, 0.3) is 0 Å². The van der Waals surface area contributed by atoms with Gasteiger partial charge >= 0.3 is 0 Å². The van der Waals surface area contributed by atoms with Crippen molar-refractivity contribution >= 4 is 34.2 Å². The monoisotopic (exact) mass is 463 g/mol. The second-order valence-corrected chi connectivity index (χ2v) is 10.2. The lowest BCUT2D eigenvalue weighted by Gasteiger charge is -2.39. The van der Waals surface area contributed by atoms with Gasteiger partial charge in [-0.25, -0.2) is 0 Å². The van der Waals surface area contributed by atoms with Gasteiger partial charge in [0, 0.05) is 28.0 Å². The first-order valence-electron chi connectivity index (χ1n) is 9.06. The molecule has 2 atom stereocenters. The lowest BCUT2D eigenvalue weighted by Crippen LogP contribution is -2.33. The molecule has 2 aliphatic rings. The van der Waals surface area contributed by atoms with Gasteiger partial charge in [-0.3, -0.25) is 4.79 Å². The first kappa shape index (κ1) is 19.2. The van der Waals surface area contributed by atoms with Crippen LogP contribution < -0.4 is 5.32 Å². The second-order valence-electron chi connectivity index (χ2n) is 8.95. The molecule has 1 amide bonds. The molecule has 2 fully saturated rings. The van der Waals surface area contributed by atoms with Crippen LogP contribution >= 0.6 is 22.6 Å². The van der Waals surface area contributed by atoms with E-state index < -0.39 is 0 Å². The van der Waals surface area contributed by atoms with Crippen molar-refractivity contribution in [3.63, 3.8) is 0 Å². The Morgan fingerprint density at radius 2 is 2.12 bits per heavy atom. The first-order valence-corrected chi connectivity index (χ1v) is 10.1. The van der Waals surface area contributed by atoms with Crippen LogP contribution in [-0.4, -0.2) is 23.4 Å². The van der Waals surface area contributed by atoms with Crippen molar-refractivity contribution in [2.24, 2.45) is 10.8 Å². The Labute approximate surface area is 169 Å². The molecule has 0 spiro atoms. The fourth-order valence-corrected chi connectivity index (χ4v) is 5.56. The summed E-state index contributed by atoms with van der Waals surface area (Å²) in [5.74, 6) is -0.331. The molecule has 3 rings (SSSR count). The maximum atomic E-state index is 12.6. The van der Waals surface area contributed by atoms with E-state index in [1.54, 1.807) is 6.20 Å². The molecular formula is C21H26IN3O. The van der Waals surface area contributed by atoms with Crippen molar-refractivity contribution in [2.75, 3.05) is 11.9 Å². The molecule has 1 aromatic rings. The maximum absolute atomic E-state index is 12.6. The molecule has 138 valence electrons. The number of aryl methyl sites for hydroxylation is 1. The van der Waals surface area contributed by atoms with Crippen LogP contribution in [0.2, 0.25) is 0 Å². The van der Waals surface area contributed by atoms with Gasteiger partial charge < -0.3 is 10.2 Å². The minimum atomic E-state index is -0.331. The van der Waals surface area contributed by atoms with Crippen LogP contribution in [0.5, 0.6) is 0 Å². The van der Waals surface area contributed by atoms with Crippen molar-refractivity contribution in [3.05, 3.63) is 39.1 Å². The van der Waals surface area contributed by atoms with E-state index in [4.69, 9.17) is 0 Å². The number of amides is 1. The molecule has 4 nitrogen and oxygen atoms in total. The van der Waals surface area contributed by atoms with Gasteiger partial charge in [-0.05, 0) is 83.4 Å². The van der Waals surface area contributed by atoms with Gasteiger partial charge in [-0.2, -0.15) is 5.26 Å². The Kier molecular flexibility index (Phi) is 5.08. The molecule has 1 aliphatic carbocycles. The molecular weight excluding hydrogens is 437 g/mol. The highest BCUT2D eigenvalue weighted by Gasteiger charge is 2.48. The fourth-order valence-electron chi connectivity index (χ4n) is 4.92. The number of anilines is 1. The highest BCUT2D eigenvalue weighted by atomic mass is 127. The Morgan fingerprint density at radius 3 is 2.77 bits per heavy atom. The van der Waals surface area contributed by atoms with Gasteiger partial charge in [-0.15, -0.1) is 0 Å². The van der Waals surface area contributed by atoms with Crippen molar-refractivity contribution in [3.8, 4) is 6.07 Å². The van der Waals surface area contributed by atoms with Crippen molar-refractivity contribution in [1.29, 1.82) is 5.26 Å². The van der Waals surface area contributed by atoms with Gasteiger partial charge in [-0.1, -0.05) is 20.8 Å². The third kappa shape index (κ3) is 4.06. The normalized spacial score (nSPS) is 27.2. The molecule has 0 radical (unpaired) electrons. The Morgan fingerprint density at radius 1 is 1.38 bits per heavy atom. The lowest BCUT2D eigenvalue weighted by atomic mass is 9.65. The number of nitriles is 1. The van der Waals surface area contributed by atoms with E-state index in [2.05, 4.69) is 59.6 Å². The zero-order valence-corrected chi connectivity index (χ0v) is 18.1. The number of fused-ring (bicyclic) bond motifs is 2. The smallest absolute Gasteiger partial charge is 0.267 e. The van der Waals surface area contributed by atoms with E-state index in [0.29, 0.717) is 11.5 Å². The zero-order valence-electron chi connectivity index (χ0n) is 15.9. The number of nitrogens with zero attached hydrogens (tertiary/aromatic N) is 2. The van der Waals surface area contributed by atoms with E-state index in [0.717, 1.165) is 34.2 Å². The fraction of sp³-hybridized carbons (Fsp3) is 0.524.